The first-order valence-electron chi connectivity index (χ1n) is 23.2. The van der Waals surface area contributed by atoms with Crippen molar-refractivity contribution in [1.29, 1.82) is 0 Å². The predicted molar refractivity (Wildman–Crippen MR) is 276 cm³/mol. The topological polar surface area (TPSA) is 25.8 Å². The highest BCUT2D eigenvalue weighted by molar-refractivity contribution is 6.05. The first-order chi connectivity index (χ1) is 33.1. The summed E-state index contributed by atoms with van der Waals surface area (Å²) in [6.07, 6.45) is 0. The van der Waals surface area contributed by atoms with E-state index in [1.165, 1.54) is 77.7 Å². The van der Waals surface area contributed by atoms with E-state index in [-0.39, 0.29) is 5.41 Å². The highest BCUT2D eigenvalue weighted by Gasteiger charge is 2.46. The minimum Gasteiger partial charge on any atom is -0.228 e. The summed E-state index contributed by atoms with van der Waals surface area (Å²) in [5.41, 5.74) is 20.5. The van der Waals surface area contributed by atoms with Crippen LogP contribution in [0.1, 0.15) is 45.9 Å². The standard InChI is InChI=1S/C65H44N2/c1-64(46-22-8-3-9-23-46)57-32-18-16-30-52(57)54-36-34-44(40-59(54)64)49-38-39-56(51-29-15-14-28-50(49)51)62-42-61(66-63(67-62)43-20-6-2-7-21-43)45-35-37-55-53-31-17-19-33-58(53)65(60(55)41-45,47-24-10-4-11-25-47)48-26-12-5-13-27-48/h2-42H,1H3. The Morgan fingerprint density at radius 3 is 1.40 bits per heavy atom. The summed E-state index contributed by atoms with van der Waals surface area (Å²) in [4.78, 5) is 10.8. The first kappa shape index (κ1) is 39.0. The second-order valence-electron chi connectivity index (χ2n) is 18.1. The molecule has 314 valence electrons. The van der Waals surface area contributed by atoms with Gasteiger partial charge in [-0.3, -0.25) is 0 Å². The molecule has 0 saturated heterocycles. The van der Waals surface area contributed by atoms with E-state index in [1.807, 2.05) is 6.07 Å². The van der Waals surface area contributed by atoms with Gasteiger partial charge in [0.15, 0.2) is 5.82 Å². The first-order valence-corrected chi connectivity index (χ1v) is 23.2. The second kappa shape index (κ2) is 15.3. The average molecular weight is 853 g/mol. The maximum Gasteiger partial charge on any atom is 0.160 e. The summed E-state index contributed by atoms with van der Waals surface area (Å²) in [5.74, 6) is 0.695. The lowest BCUT2D eigenvalue weighted by molar-refractivity contribution is 0.714. The highest BCUT2D eigenvalue weighted by atomic mass is 14.9. The van der Waals surface area contributed by atoms with Gasteiger partial charge >= 0.3 is 0 Å². The predicted octanol–water partition coefficient (Wildman–Crippen LogP) is 16.0. The number of hydrogen-bond donors (Lipinski definition) is 0. The summed E-state index contributed by atoms with van der Waals surface area (Å²) >= 11 is 0. The largest absolute Gasteiger partial charge is 0.228 e. The molecule has 1 aromatic heterocycles. The molecule has 2 aliphatic carbocycles. The lowest BCUT2D eigenvalue weighted by Gasteiger charge is -2.34. The van der Waals surface area contributed by atoms with E-state index in [1.54, 1.807) is 0 Å². The molecule has 1 unspecified atom stereocenters. The molecule has 0 fully saturated rings. The van der Waals surface area contributed by atoms with Crippen LogP contribution in [0.25, 0.3) is 78.1 Å². The van der Waals surface area contributed by atoms with Crippen LogP contribution in [0.5, 0.6) is 0 Å². The Bertz CT molecular complexity index is 3650. The van der Waals surface area contributed by atoms with Gasteiger partial charge in [0.25, 0.3) is 0 Å². The van der Waals surface area contributed by atoms with Gasteiger partial charge in [-0.05, 0) is 108 Å². The van der Waals surface area contributed by atoms with Crippen LogP contribution >= 0.6 is 0 Å². The van der Waals surface area contributed by atoms with Crippen LogP contribution in [0.15, 0.2) is 249 Å². The lowest BCUT2D eigenvalue weighted by atomic mass is 9.67. The Morgan fingerprint density at radius 1 is 0.284 bits per heavy atom. The van der Waals surface area contributed by atoms with E-state index < -0.39 is 5.41 Å². The minimum atomic E-state index is -0.520. The Labute approximate surface area is 391 Å². The van der Waals surface area contributed by atoms with Crippen molar-refractivity contribution in [1.82, 2.24) is 9.97 Å². The van der Waals surface area contributed by atoms with Gasteiger partial charge < -0.3 is 0 Å². The molecular formula is C65H44N2. The third-order valence-electron chi connectivity index (χ3n) is 14.7. The number of fused-ring (bicyclic) bond motifs is 7. The summed E-state index contributed by atoms with van der Waals surface area (Å²) in [6.45, 7) is 2.39. The maximum absolute atomic E-state index is 5.39. The van der Waals surface area contributed by atoms with Crippen LogP contribution in [0.3, 0.4) is 0 Å². The molecule has 2 nitrogen and oxygen atoms in total. The van der Waals surface area contributed by atoms with Crippen LogP contribution in [0.4, 0.5) is 0 Å². The lowest BCUT2D eigenvalue weighted by Crippen LogP contribution is -2.28. The number of nitrogens with zero attached hydrogens (tertiary/aromatic N) is 2. The zero-order valence-electron chi connectivity index (χ0n) is 37.1. The van der Waals surface area contributed by atoms with Crippen LogP contribution < -0.4 is 0 Å². The van der Waals surface area contributed by atoms with Crippen molar-refractivity contribution in [2.24, 2.45) is 0 Å². The third kappa shape index (κ3) is 5.89. The molecule has 2 heteroatoms. The van der Waals surface area contributed by atoms with Gasteiger partial charge in [-0.15, -0.1) is 0 Å². The van der Waals surface area contributed by atoms with Crippen molar-refractivity contribution in [3.05, 3.63) is 288 Å². The molecule has 0 aliphatic heterocycles. The van der Waals surface area contributed by atoms with Crippen molar-refractivity contribution in [3.63, 3.8) is 0 Å². The summed E-state index contributed by atoms with van der Waals surface area (Å²) in [6, 6.07) is 90.8. The summed E-state index contributed by atoms with van der Waals surface area (Å²) in [7, 11) is 0. The Kier molecular flexibility index (Phi) is 8.91. The van der Waals surface area contributed by atoms with Crippen LogP contribution in [-0.2, 0) is 10.8 Å². The van der Waals surface area contributed by atoms with E-state index in [0.717, 1.165) is 33.5 Å². The smallest absolute Gasteiger partial charge is 0.160 e. The van der Waals surface area contributed by atoms with Crippen molar-refractivity contribution < 1.29 is 0 Å². The van der Waals surface area contributed by atoms with Crippen molar-refractivity contribution in [2.75, 3.05) is 0 Å². The van der Waals surface area contributed by atoms with Gasteiger partial charge in [-0.2, -0.15) is 0 Å². The van der Waals surface area contributed by atoms with Crippen LogP contribution in [0.2, 0.25) is 0 Å². The molecule has 0 radical (unpaired) electrons. The molecule has 0 spiro atoms. The van der Waals surface area contributed by atoms with Crippen molar-refractivity contribution >= 4 is 10.8 Å². The minimum absolute atomic E-state index is 0.285. The average Bonchev–Trinajstić information content (AvgIpc) is 3.85. The van der Waals surface area contributed by atoms with Crippen LogP contribution in [0, 0.1) is 0 Å². The van der Waals surface area contributed by atoms with Crippen molar-refractivity contribution in [3.8, 4) is 67.3 Å². The third-order valence-corrected chi connectivity index (χ3v) is 14.7. The molecule has 1 heterocycles. The van der Waals surface area contributed by atoms with E-state index >= 15 is 0 Å². The SMILES string of the molecule is CC1(c2ccccc2)c2ccccc2-c2ccc(-c3ccc(-c4cc(-c5ccc6c(c5)C(c5ccccc5)(c5ccccc5)c5ccccc5-6)nc(-c5ccccc5)n4)c4ccccc34)cc21. The van der Waals surface area contributed by atoms with Gasteiger partial charge in [-0.1, -0.05) is 231 Å². The maximum atomic E-state index is 5.39. The van der Waals surface area contributed by atoms with Gasteiger partial charge in [0.2, 0.25) is 0 Å². The van der Waals surface area contributed by atoms with E-state index in [0.29, 0.717) is 5.82 Å². The zero-order valence-corrected chi connectivity index (χ0v) is 37.1. The summed E-state index contributed by atoms with van der Waals surface area (Å²) in [5, 5.41) is 2.33. The number of hydrogen-bond acceptors (Lipinski definition) is 2. The zero-order chi connectivity index (χ0) is 44.5. The van der Waals surface area contributed by atoms with Crippen LogP contribution in [-0.4, -0.2) is 9.97 Å². The van der Waals surface area contributed by atoms with E-state index in [9.17, 15) is 0 Å². The fourth-order valence-electron chi connectivity index (χ4n) is 11.6. The molecular weight excluding hydrogens is 809 g/mol. The molecule has 0 saturated carbocycles. The molecule has 13 rings (SSSR count). The molecule has 11 aromatic rings. The molecule has 0 bridgehead atoms. The summed E-state index contributed by atoms with van der Waals surface area (Å²) < 4.78 is 0. The highest BCUT2D eigenvalue weighted by Crippen LogP contribution is 2.57. The normalized spacial score (nSPS) is 15.1. The molecule has 2 aliphatic rings. The number of benzene rings is 10. The Morgan fingerprint density at radius 2 is 0.731 bits per heavy atom. The quantitative estimate of drug-likeness (QED) is 0.160. The molecule has 0 N–H and O–H groups in total. The van der Waals surface area contributed by atoms with Crippen molar-refractivity contribution in [2.45, 2.75) is 17.8 Å². The molecule has 1 atom stereocenters. The van der Waals surface area contributed by atoms with E-state index in [2.05, 4.69) is 250 Å². The van der Waals surface area contributed by atoms with Gasteiger partial charge in [0.1, 0.15) is 0 Å². The fraction of sp³-hybridized carbons (Fsp3) is 0.0462. The fourth-order valence-corrected chi connectivity index (χ4v) is 11.6. The number of aromatic nitrogens is 2. The molecule has 0 amide bonds. The Hall–Kier alpha value is -8.46. The molecule has 67 heavy (non-hydrogen) atoms. The Balaban J connectivity index is 0.991. The second-order valence-corrected chi connectivity index (χ2v) is 18.1. The van der Waals surface area contributed by atoms with Gasteiger partial charge in [0.05, 0.1) is 16.8 Å². The monoisotopic (exact) mass is 852 g/mol. The number of rotatable bonds is 7. The van der Waals surface area contributed by atoms with Gasteiger partial charge in [-0.25, -0.2) is 9.97 Å². The van der Waals surface area contributed by atoms with E-state index in [4.69, 9.17) is 9.97 Å². The molecule has 10 aromatic carbocycles. The van der Waals surface area contributed by atoms with Gasteiger partial charge in [0, 0.05) is 22.1 Å².